The monoisotopic (exact) mass is 475 g/mol. The molecule has 0 atom stereocenters. The second-order valence-electron chi connectivity index (χ2n) is 8.93. The normalized spacial score (nSPS) is 17.2. The highest BCUT2D eigenvalue weighted by atomic mass is 35.5. The summed E-state index contributed by atoms with van der Waals surface area (Å²) in [4.78, 5) is 27.5. The van der Waals surface area contributed by atoms with Crippen molar-refractivity contribution in [2.45, 2.75) is 52.6 Å². The van der Waals surface area contributed by atoms with E-state index in [1.54, 1.807) is 4.90 Å². The van der Waals surface area contributed by atoms with Crippen molar-refractivity contribution in [2.75, 3.05) is 19.7 Å². The number of piperidine rings is 1. The predicted octanol–water partition coefficient (Wildman–Crippen LogP) is 5.63. The molecule has 4 rings (SSSR count). The molecule has 2 aromatic carbocycles. The van der Waals surface area contributed by atoms with Crippen molar-refractivity contribution in [3.63, 3.8) is 0 Å². The zero-order valence-electron chi connectivity index (χ0n) is 18.8. The highest BCUT2D eigenvalue weighted by molar-refractivity contribution is 6.33. The van der Waals surface area contributed by atoms with Crippen molar-refractivity contribution in [2.24, 2.45) is 0 Å². The molecule has 2 aromatic rings. The number of rotatable bonds is 3. The van der Waals surface area contributed by atoms with Gasteiger partial charge >= 0.3 is 0 Å². The Kier molecular flexibility index (Phi) is 6.17. The minimum atomic E-state index is -0.571. The van der Waals surface area contributed by atoms with Crippen LogP contribution in [0.5, 0.6) is 11.5 Å². The lowest BCUT2D eigenvalue weighted by atomic mass is 9.81. The van der Waals surface area contributed by atoms with Gasteiger partial charge in [-0.1, -0.05) is 23.2 Å². The maximum atomic E-state index is 12.9. The van der Waals surface area contributed by atoms with Gasteiger partial charge in [0.2, 0.25) is 0 Å². The van der Waals surface area contributed by atoms with Gasteiger partial charge in [-0.25, -0.2) is 0 Å². The molecule has 1 amide bonds. The van der Waals surface area contributed by atoms with E-state index in [1.165, 1.54) is 0 Å². The SMILES string of the molecule is Cc1cc(OCC(=O)N2CCC3(CC2)CC(=O)c2c(cc(C)c(Cl)c2C)O3)cc(C)c1Cl. The molecule has 2 aliphatic rings. The van der Waals surface area contributed by atoms with E-state index in [0.29, 0.717) is 59.5 Å². The number of fused-ring (bicyclic) bond motifs is 1. The Hall–Kier alpha value is -2.24. The number of nitrogens with zero attached hydrogens (tertiary/aromatic N) is 1. The molecule has 170 valence electrons. The first kappa shape index (κ1) is 22.9. The number of amides is 1. The Morgan fingerprint density at radius 2 is 1.62 bits per heavy atom. The van der Waals surface area contributed by atoms with Crippen LogP contribution < -0.4 is 9.47 Å². The predicted molar refractivity (Wildman–Crippen MR) is 125 cm³/mol. The molecular weight excluding hydrogens is 449 g/mol. The zero-order chi connectivity index (χ0) is 23.2. The lowest BCUT2D eigenvalue weighted by Gasteiger charge is -2.44. The van der Waals surface area contributed by atoms with Crippen molar-refractivity contribution < 1.29 is 19.1 Å². The second-order valence-corrected chi connectivity index (χ2v) is 9.69. The number of ketones is 1. The summed E-state index contributed by atoms with van der Waals surface area (Å²) in [5, 5.41) is 1.32. The first-order chi connectivity index (χ1) is 15.1. The number of carbonyl (C=O) groups is 2. The number of aryl methyl sites for hydroxylation is 3. The van der Waals surface area contributed by atoms with Crippen molar-refractivity contribution in [3.8, 4) is 11.5 Å². The highest BCUT2D eigenvalue weighted by Gasteiger charge is 2.44. The zero-order valence-corrected chi connectivity index (χ0v) is 20.3. The van der Waals surface area contributed by atoms with Crippen molar-refractivity contribution >= 4 is 34.9 Å². The van der Waals surface area contributed by atoms with E-state index >= 15 is 0 Å². The number of benzene rings is 2. The van der Waals surface area contributed by atoms with Crippen LogP contribution in [0.2, 0.25) is 10.0 Å². The van der Waals surface area contributed by atoms with E-state index in [9.17, 15) is 9.59 Å². The first-order valence-corrected chi connectivity index (χ1v) is 11.5. The summed E-state index contributed by atoms with van der Waals surface area (Å²) >= 11 is 12.5. The van der Waals surface area contributed by atoms with E-state index in [0.717, 1.165) is 22.3 Å². The minimum absolute atomic E-state index is 0.0347. The van der Waals surface area contributed by atoms with Gasteiger partial charge in [-0.3, -0.25) is 9.59 Å². The molecule has 0 saturated carbocycles. The fraction of sp³-hybridized carbons (Fsp3) is 0.440. The van der Waals surface area contributed by atoms with E-state index in [2.05, 4.69) is 0 Å². The van der Waals surface area contributed by atoms with Gasteiger partial charge in [-0.05, 0) is 68.1 Å². The largest absolute Gasteiger partial charge is 0.486 e. The van der Waals surface area contributed by atoms with Crippen LogP contribution in [0.3, 0.4) is 0 Å². The summed E-state index contributed by atoms with van der Waals surface area (Å²) in [6.45, 7) is 8.61. The summed E-state index contributed by atoms with van der Waals surface area (Å²) < 4.78 is 12.1. The number of ether oxygens (including phenoxy) is 2. The van der Waals surface area contributed by atoms with Crippen LogP contribution >= 0.6 is 23.2 Å². The summed E-state index contributed by atoms with van der Waals surface area (Å²) in [5.74, 6) is 1.22. The number of carbonyl (C=O) groups excluding carboxylic acids is 2. The van der Waals surface area contributed by atoms with Gasteiger partial charge in [0.25, 0.3) is 5.91 Å². The summed E-state index contributed by atoms with van der Waals surface area (Å²) in [5.41, 5.74) is 3.52. The van der Waals surface area contributed by atoms with Gasteiger partial charge in [-0.15, -0.1) is 0 Å². The Morgan fingerprint density at radius 3 is 2.25 bits per heavy atom. The van der Waals surface area contributed by atoms with Crippen LogP contribution in [0.25, 0.3) is 0 Å². The number of hydrogen-bond acceptors (Lipinski definition) is 4. The smallest absolute Gasteiger partial charge is 0.260 e. The van der Waals surface area contributed by atoms with E-state index < -0.39 is 5.60 Å². The lowest BCUT2D eigenvalue weighted by Crippen LogP contribution is -2.53. The molecule has 0 N–H and O–H groups in total. The molecule has 2 aliphatic heterocycles. The van der Waals surface area contributed by atoms with E-state index in [4.69, 9.17) is 32.7 Å². The van der Waals surface area contributed by atoms with Crippen LogP contribution in [-0.2, 0) is 4.79 Å². The maximum Gasteiger partial charge on any atom is 0.260 e. The van der Waals surface area contributed by atoms with Crippen molar-refractivity contribution in [3.05, 3.63) is 56.1 Å². The van der Waals surface area contributed by atoms with Gasteiger partial charge < -0.3 is 14.4 Å². The first-order valence-electron chi connectivity index (χ1n) is 10.8. The molecule has 2 heterocycles. The summed E-state index contributed by atoms with van der Waals surface area (Å²) in [6, 6.07) is 5.52. The molecule has 1 spiro atoms. The number of hydrogen-bond donors (Lipinski definition) is 0. The Balaban J connectivity index is 1.40. The average molecular weight is 476 g/mol. The molecule has 1 saturated heterocycles. The van der Waals surface area contributed by atoms with Gasteiger partial charge in [-0.2, -0.15) is 0 Å². The topological polar surface area (TPSA) is 55.8 Å². The Bertz CT molecular complexity index is 1080. The molecule has 5 nitrogen and oxygen atoms in total. The van der Waals surface area contributed by atoms with Gasteiger partial charge in [0.1, 0.15) is 17.1 Å². The third-order valence-corrected chi connectivity index (χ3v) is 7.71. The fourth-order valence-electron chi connectivity index (χ4n) is 4.67. The standard InChI is InChI=1S/C25H27Cl2NO4/c1-14-9-18(10-15(2)23(14)26)31-13-21(30)28-7-5-25(6-8-28)12-19(29)22-17(4)24(27)16(3)11-20(22)32-25/h9-11H,5-8,12-13H2,1-4H3. The van der Waals surface area contributed by atoms with Gasteiger partial charge in [0.15, 0.2) is 12.4 Å². The molecule has 0 bridgehead atoms. The Morgan fingerprint density at radius 1 is 1.03 bits per heavy atom. The number of Topliss-reactive ketones (excluding diaryl/α,β-unsaturated/α-hetero) is 1. The summed E-state index contributed by atoms with van der Waals surface area (Å²) in [7, 11) is 0. The Labute approximate surface area is 198 Å². The number of likely N-dealkylation sites (tertiary alicyclic amines) is 1. The molecule has 0 aromatic heterocycles. The van der Waals surface area contributed by atoms with Crippen LogP contribution in [0, 0.1) is 27.7 Å². The summed E-state index contributed by atoms with van der Waals surface area (Å²) in [6.07, 6.45) is 1.51. The highest BCUT2D eigenvalue weighted by Crippen LogP contribution is 2.43. The van der Waals surface area contributed by atoms with Crippen LogP contribution in [0.4, 0.5) is 0 Å². The molecule has 32 heavy (non-hydrogen) atoms. The molecule has 1 fully saturated rings. The van der Waals surface area contributed by atoms with Crippen LogP contribution in [-0.4, -0.2) is 41.9 Å². The third-order valence-electron chi connectivity index (χ3n) is 6.53. The van der Waals surface area contributed by atoms with Crippen LogP contribution in [0.15, 0.2) is 18.2 Å². The lowest BCUT2D eigenvalue weighted by molar-refractivity contribution is -0.136. The molecule has 0 unspecified atom stereocenters. The van der Waals surface area contributed by atoms with Gasteiger partial charge in [0.05, 0.1) is 12.0 Å². The minimum Gasteiger partial charge on any atom is -0.486 e. The maximum absolute atomic E-state index is 12.9. The van der Waals surface area contributed by atoms with Crippen LogP contribution in [0.1, 0.15) is 51.9 Å². The van der Waals surface area contributed by atoms with Crippen molar-refractivity contribution in [1.82, 2.24) is 4.90 Å². The molecule has 7 heteroatoms. The molecule has 0 aliphatic carbocycles. The average Bonchev–Trinajstić information content (AvgIpc) is 2.74. The van der Waals surface area contributed by atoms with E-state index in [1.807, 2.05) is 45.9 Å². The molecule has 0 radical (unpaired) electrons. The second kappa shape index (κ2) is 8.60. The van der Waals surface area contributed by atoms with Gasteiger partial charge in [0, 0.05) is 36.0 Å². The molecular formula is C25H27Cl2NO4. The quantitative estimate of drug-likeness (QED) is 0.576. The fourth-order valence-corrected chi connectivity index (χ4v) is 4.93. The number of halogens is 2. The van der Waals surface area contributed by atoms with E-state index in [-0.39, 0.29) is 18.3 Å². The van der Waals surface area contributed by atoms with Crippen molar-refractivity contribution in [1.29, 1.82) is 0 Å². The third kappa shape index (κ3) is 4.20.